The fourth-order valence-corrected chi connectivity index (χ4v) is 2.56. The SMILES string of the molecule is Cc1cc(CN)c(C)n1-c1ccc(Cl)cc1Cl. The number of aryl methyl sites for hydroxylation is 1. The summed E-state index contributed by atoms with van der Waals surface area (Å²) in [4.78, 5) is 0. The molecule has 1 aromatic carbocycles. The smallest absolute Gasteiger partial charge is 0.0661 e. The number of nitrogens with zero attached hydrogens (tertiary/aromatic N) is 1. The van der Waals surface area contributed by atoms with E-state index < -0.39 is 0 Å². The minimum atomic E-state index is 0.533. The van der Waals surface area contributed by atoms with Gasteiger partial charge in [-0.1, -0.05) is 23.2 Å². The van der Waals surface area contributed by atoms with Crippen LogP contribution in [0, 0.1) is 13.8 Å². The number of hydrogen-bond donors (Lipinski definition) is 1. The Morgan fingerprint density at radius 3 is 2.41 bits per heavy atom. The van der Waals surface area contributed by atoms with Crippen molar-refractivity contribution in [3.8, 4) is 5.69 Å². The van der Waals surface area contributed by atoms with Gasteiger partial charge in [-0.3, -0.25) is 0 Å². The molecule has 0 spiro atoms. The zero-order valence-electron chi connectivity index (χ0n) is 9.80. The van der Waals surface area contributed by atoms with Gasteiger partial charge in [0, 0.05) is 23.0 Å². The summed E-state index contributed by atoms with van der Waals surface area (Å²) < 4.78 is 2.10. The highest BCUT2D eigenvalue weighted by atomic mass is 35.5. The van der Waals surface area contributed by atoms with Gasteiger partial charge < -0.3 is 10.3 Å². The van der Waals surface area contributed by atoms with Crippen LogP contribution >= 0.6 is 23.2 Å². The summed E-state index contributed by atoms with van der Waals surface area (Å²) in [6, 6.07) is 7.59. The predicted molar refractivity (Wildman–Crippen MR) is 73.2 cm³/mol. The van der Waals surface area contributed by atoms with Gasteiger partial charge >= 0.3 is 0 Å². The molecule has 0 radical (unpaired) electrons. The maximum absolute atomic E-state index is 6.22. The zero-order chi connectivity index (χ0) is 12.6. The van der Waals surface area contributed by atoms with Gasteiger partial charge in [-0.25, -0.2) is 0 Å². The number of halogens is 2. The molecule has 2 nitrogen and oxygen atoms in total. The Balaban J connectivity index is 2.64. The highest BCUT2D eigenvalue weighted by molar-refractivity contribution is 6.35. The molecule has 0 atom stereocenters. The lowest BCUT2D eigenvalue weighted by Gasteiger charge is -2.12. The summed E-state index contributed by atoms with van der Waals surface area (Å²) >= 11 is 12.1. The molecule has 0 saturated heterocycles. The molecule has 0 aliphatic rings. The van der Waals surface area contributed by atoms with E-state index >= 15 is 0 Å². The molecule has 17 heavy (non-hydrogen) atoms. The van der Waals surface area contributed by atoms with Crippen LogP contribution in [0.2, 0.25) is 10.0 Å². The third-order valence-electron chi connectivity index (χ3n) is 2.91. The zero-order valence-corrected chi connectivity index (χ0v) is 11.3. The summed E-state index contributed by atoms with van der Waals surface area (Å²) in [5, 5.41) is 1.28. The Morgan fingerprint density at radius 2 is 1.88 bits per heavy atom. The van der Waals surface area contributed by atoms with Crippen LogP contribution in [0.1, 0.15) is 17.0 Å². The molecule has 2 rings (SSSR count). The molecule has 2 aromatic rings. The summed E-state index contributed by atoms with van der Waals surface area (Å²) in [5.41, 5.74) is 10.0. The number of benzene rings is 1. The Labute approximate surface area is 111 Å². The first-order valence-corrected chi connectivity index (χ1v) is 6.13. The van der Waals surface area contributed by atoms with E-state index in [1.165, 1.54) is 0 Å². The standard InChI is InChI=1S/C13H14Cl2N2/c1-8-5-10(7-16)9(2)17(8)13-4-3-11(14)6-12(13)15/h3-6H,7,16H2,1-2H3. The molecule has 0 aliphatic carbocycles. The molecule has 0 bridgehead atoms. The van der Waals surface area contributed by atoms with Crippen LogP contribution in [-0.2, 0) is 6.54 Å². The van der Waals surface area contributed by atoms with Gasteiger partial charge in [0.05, 0.1) is 10.7 Å². The lowest BCUT2D eigenvalue weighted by atomic mass is 10.2. The average molecular weight is 269 g/mol. The second-order valence-electron chi connectivity index (χ2n) is 4.03. The molecule has 0 saturated carbocycles. The van der Waals surface area contributed by atoms with E-state index in [9.17, 15) is 0 Å². The largest absolute Gasteiger partial charge is 0.326 e. The van der Waals surface area contributed by atoms with Crippen molar-refractivity contribution in [1.29, 1.82) is 0 Å². The molecule has 0 fully saturated rings. The quantitative estimate of drug-likeness (QED) is 0.881. The molecule has 0 aliphatic heterocycles. The fraction of sp³-hybridized carbons (Fsp3) is 0.231. The second-order valence-corrected chi connectivity index (χ2v) is 4.88. The van der Waals surface area contributed by atoms with Gasteiger partial charge in [0.15, 0.2) is 0 Å². The van der Waals surface area contributed by atoms with Gasteiger partial charge in [0.2, 0.25) is 0 Å². The first-order valence-electron chi connectivity index (χ1n) is 5.38. The molecule has 0 unspecified atom stereocenters. The summed E-state index contributed by atoms with van der Waals surface area (Å²) in [7, 11) is 0. The highest BCUT2D eigenvalue weighted by Crippen LogP contribution is 2.28. The van der Waals surface area contributed by atoms with Crippen molar-refractivity contribution < 1.29 is 0 Å². The fourth-order valence-electron chi connectivity index (χ4n) is 2.07. The van der Waals surface area contributed by atoms with Gasteiger partial charge in [-0.15, -0.1) is 0 Å². The third-order valence-corrected chi connectivity index (χ3v) is 3.44. The maximum Gasteiger partial charge on any atom is 0.0661 e. The summed E-state index contributed by atoms with van der Waals surface area (Å²) in [6.07, 6.45) is 0. The van der Waals surface area contributed by atoms with Gasteiger partial charge in [0.1, 0.15) is 0 Å². The lowest BCUT2D eigenvalue weighted by Crippen LogP contribution is -2.02. The molecular weight excluding hydrogens is 255 g/mol. The van der Waals surface area contributed by atoms with Crippen LogP contribution in [0.15, 0.2) is 24.3 Å². The van der Waals surface area contributed by atoms with Gasteiger partial charge in [0.25, 0.3) is 0 Å². The van der Waals surface area contributed by atoms with Crippen molar-refractivity contribution in [1.82, 2.24) is 4.57 Å². The molecule has 1 heterocycles. The van der Waals surface area contributed by atoms with Crippen molar-refractivity contribution in [2.75, 3.05) is 0 Å². The van der Waals surface area contributed by atoms with Crippen LogP contribution in [0.25, 0.3) is 5.69 Å². The van der Waals surface area contributed by atoms with Crippen LogP contribution in [0.3, 0.4) is 0 Å². The topological polar surface area (TPSA) is 30.9 Å². The Hall–Kier alpha value is -0.960. The molecule has 1 aromatic heterocycles. The maximum atomic E-state index is 6.22. The Bertz CT molecular complexity index is 559. The van der Waals surface area contributed by atoms with Crippen LogP contribution in [0.5, 0.6) is 0 Å². The highest BCUT2D eigenvalue weighted by Gasteiger charge is 2.12. The van der Waals surface area contributed by atoms with E-state index in [4.69, 9.17) is 28.9 Å². The lowest BCUT2D eigenvalue weighted by molar-refractivity contribution is 0.943. The van der Waals surface area contributed by atoms with Crippen molar-refractivity contribution in [3.05, 3.63) is 51.3 Å². The van der Waals surface area contributed by atoms with Crippen molar-refractivity contribution >= 4 is 23.2 Å². The predicted octanol–water partition coefficient (Wildman–Crippen LogP) is 3.86. The average Bonchev–Trinajstić information content (AvgIpc) is 2.55. The van der Waals surface area contributed by atoms with Crippen molar-refractivity contribution in [2.24, 2.45) is 5.73 Å². The van der Waals surface area contributed by atoms with Gasteiger partial charge in [-0.05, 0) is 43.7 Å². The normalized spacial score (nSPS) is 10.9. The van der Waals surface area contributed by atoms with E-state index in [2.05, 4.69) is 10.6 Å². The Kier molecular flexibility index (Phi) is 3.48. The minimum absolute atomic E-state index is 0.533. The second kappa shape index (κ2) is 4.73. The van der Waals surface area contributed by atoms with E-state index in [0.29, 0.717) is 16.6 Å². The number of aromatic nitrogens is 1. The van der Waals surface area contributed by atoms with E-state index in [1.54, 1.807) is 6.07 Å². The molecule has 90 valence electrons. The Morgan fingerprint density at radius 1 is 1.18 bits per heavy atom. The van der Waals surface area contributed by atoms with Gasteiger partial charge in [-0.2, -0.15) is 0 Å². The monoisotopic (exact) mass is 268 g/mol. The molecule has 0 amide bonds. The summed E-state index contributed by atoms with van der Waals surface area (Å²) in [5.74, 6) is 0. The number of hydrogen-bond acceptors (Lipinski definition) is 1. The van der Waals surface area contributed by atoms with Crippen molar-refractivity contribution in [3.63, 3.8) is 0 Å². The van der Waals surface area contributed by atoms with E-state index in [1.807, 2.05) is 26.0 Å². The summed E-state index contributed by atoms with van der Waals surface area (Å²) in [6.45, 7) is 4.61. The van der Waals surface area contributed by atoms with E-state index in [0.717, 1.165) is 22.6 Å². The van der Waals surface area contributed by atoms with Crippen molar-refractivity contribution in [2.45, 2.75) is 20.4 Å². The molecule has 4 heteroatoms. The number of rotatable bonds is 2. The van der Waals surface area contributed by atoms with Crippen LogP contribution in [-0.4, -0.2) is 4.57 Å². The number of nitrogens with two attached hydrogens (primary N) is 1. The first-order chi connectivity index (χ1) is 8.04. The van der Waals surface area contributed by atoms with E-state index in [-0.39, 0.29) is 0 Å². The minimum Gasteiger partial charge on any atom is -0.326 e. The molecular formula is C13H14Cl2N2. The van der Waals surface area contributed by atoms with Crippen LogP contribution in [0.4, 0.5) is 0 Å². The molecule has 2 N–H and O–H groups in total. The third kappa shape index (κ3) is 2.21. The first kappa shape index (κ1) is 12.5. The van der Waals surface area contributed by atoms with Crippen LogP contribution < -0.4 is 5.73 Å².